The van der Waals surface area contributed by atoms with Crippen molar-refractivity contribution in [3.63, 3.8) is 0 Å². The van der Waals surface area contributed by atoms with Gasteiger partial charge in [-0.05, 0) is 103 Å². The van der Waals surface area contributed by atoms with Crippen molar-refractivity contribution in [2.75, 3.05) is 11.9 Å². The molecule has 2 atom stereocenters. The molecule has 0 radical (unpaired) electrons. The smallest absolute Gasteiger partial charge is 0.481 e. The molecule has 0 aromatic heterocycles. The van der Waals surface area contributed by atoms with Crippen LogP contribution in [-0.4, -0.2) is 35.8 Å². The minimum absolute atomic E-state index is 0.0180. The number of alkyl halides is 3. The van der Waals surface area contributed by atoms with Crippen LogP contribution in [0, 0.1) is 20.8 Å². The summed E-state index contributed by atoms with van der Waals surface area (Å²) < 4.78 is 42.7. The van der Waals surface area contributed by atoms with Gasteiger partial charge in [-0.15, -0.1) is 13.2 Å². The minimum Gasteiger partial charge on any atom is -0.481 e. The van der Waals surface area contributed by atoms with Crippen molar-refractivity contribution in [3.8, 4) is 16.9 Å². The van der Waals surface area contributed by atoms with Crippen molar-refractivity contribution in [2.24, 2.45) is 0 Å². The van der Waals surface area contributed by atoms with Gasteiger partial charge in [-0.25, -0.2) is 0 Å². The van der Waals surface area contributed by atoms with Crippen LogP contribution in [0.25, 0.3) is 11.1 Å². The van der Waals surface area contributed by atoms with Crippen LogP contribution in [0.2, 0.25) is 0 Å². The maximum atomic E-state index is 14.1. The fraction of sp³-hybridized carbons (Fsp3) is 0.289. The SMILES string of the molecule is CCC[C@H](c1ccc(C(=O)NCCC(=O)O)cc1)[C@@H](C(=O)Nc1ccc(-c2c(C)cc(C)cc2C)cc1)c1ccc(OC(F)(F)F)cc1. The zero-order valence-corrected chi connectivity index (χ0v) is 27.3. The molecule has 4 rings (SSSR count). The van der Waals surface area contributed by atoms with Gasteiger partial charge in [-0.2, -0.15) is 0 Å². The molecule has 48 heavy (non-hydrogen) atoms. The van der Waals surface area contributed by atoms with E-state index in [1.807, 2.05) is 31.2 Å². The van der Waals surface area contributed by atoms with Crippen molar-refractivity contribution < 1.29 is 37.4 Å². The van der Waals surface area contributed by atoms with Crippen LogP contribution >= 0.6 is 0 Å². The van der Waals surface area contributed by atoms with Gasteiger partial charge in [0.2, 0.25) is 5.91 Å². The van der Waals surface area contributed by atoms with E-state index in [1.165, 1.54) is 29.8 Å². The van der Waals surface area contributed by atoms with Crippen molar-refractivity contribution in [2.45, 2.75) is 65.2 Å². The molecule has 0 saturated carbocycles. The average molecular weight is 661 g/mol. The van der Waals surface area contributed by atoms with E-state index >= 15 is 0 Å². The van der Waals surface area contributed by atoms with Crippen LogP contribution in [-0.2, 0) is 9.59 Å². The maximum Gasteiger partial charge on any atom is 0.573 e. The highest BCUT2D eigenvalue weighted by Gasteiger charge is 2.33. The number of hydrogen-bond acceptors (Lipinski definition) is 4. The van der Waals surface area contributed by atoms with E-state index in [0.29, 0.717) is 29.7 Å². The molecule has 0 heterocycles. The molecule has 4 aromatic carbocycles. The third-order valence-corrected chi connectivity index (χ3v) is 8.10. The lowest BCUT2D eigenvalue weighted by Crippen LogP contribution is -2.27. The normalized spacial score (nSPS) is 12.6. The molecule has 252 valence electrons. The first kappa shape index (κ1) is 35.7. The molecule has 0 saturated heterocycles. The molecule has 0 spiro atoms. The number of carboxylic acid groups (broad SMARTS) is 1. The van der Waals surface area contributed by atoms with E-state index in [-0.39, 0.29) is 18.9 Å². The van der Waals surface area contributed by atoms with Crippen LogP contribution in [0.3, 0.4) is 0 Å². The van der Waals surface area contributed by atoms with Gasteiger partial charge in [-0.3, -0.25) is 14.4 Å². The fourth-order valence-corrected chi connectivity index (χ4v) is 6.12. The lowest BCUT2D eigenvalue weighted by molar-refractivity contribution is -0.274. The first-order chi connectivity index (χ1) is 22.8. The highest BCUT2D eigenvalue weighted by atomic mass is 19.4. The van der Waals surface area contributed by atoms with Gasteiger partial charge >= 0.3 is 12.3 Å². The van der Waals surface area contributed by atoms with Gasteiger partial charge in [-0.1, -0.05) is 67.4 Å². The summed E-state index contributed by atoms with van der Waals surface area (Å²) in [5.74, 6) is -3.39. The summed E-state index contributed by atoms with van der Waals surface area (Å²) in [4.78, 5) is 37.5. The number of hydrogen-bond donors (Lipinski definition) is 3. The Bertz CT molecular complexity index is 1710. The van der Waals surface area contributed by atoms with Crippen LogP contribution in [0.5, 0.6) is 5.75 Å². The number of carbonyl (C=O) groups is 3. The second kappa shape index (κ2) is 15.6. The van der Waals surface area contributed by atoms with E-state index < -0.39 is 35.8 Å². The Hall–Kier alpha value is -5.12. The highest BCUT2D eigenvalue weighted by Crippen LogP contribution is 2.39. The summed E-state index contributed by atoms with van der Waals surface area (Å²) in [6.07, 6.45) is -3.80. The third kappa shape index (κ3) is 9.47. The Kier molecular flexibility index (Phi) is 11.6. The summed E-state index contributed by atoms with van der Waals surface area (Å²) in [5.41, 5.74) is 7.76. The molecule has 0 aliphatic carbocycles. The minimum atomic E-state index is -4.85. The number of benzene rings is 4. The van der Waals surface area contributed by atoms with Crippen molar-refractivity contribution >= 4 is 23.5 Å². The largest absolute Gasteiger partial charge is 0.573 e. The van der Waals surface area contributed by atoms with Crippen molar-refractivity contribution in [3.05, 3.63) is 118 Å². The van der Waals surface area contributed by atoms with Gasteiger partial charge in [0.15, 0.2) is 0 Å². The number of aryl methyl sites for hydroxylation is 3. The number of halogens is 3. The molecule has 0 unspecified atom stereocenters. The van der Waals surface area contributed by atoms with Crippen LogP contribution in [0.4, 0.5) is 18.9 Å². The second-order valence-electron chi connectivity index (χ2n) is 11.9. The fourth-order valence-electron chi connectivity index (χ4n) is 6.12. The van der Waals surface area contributed by atoms with Crippen molar-refractivity contribution in [1.29, 1.82) is 0 Å². The molecule has 2 amide bonds. The van der Waals surface area contributed by atoms with Gasteiger partial charge in [0.1, 0.15) is 5.75 Å². The number of carboxylic acids is 1. The lowest BCUT2D eigenvalue weighted by atomic mass is 9.78. The summed E-state index contributed by atoms with van der Waals surface area (Å²) in [5, 5.41) is 14.4. The molecular weight excluding hydrogens is 621 g/mol. The summed E-state index contributed by atoms with van der Waals surface area (Å²) in [6.45, 7) is 8.13. The first-order valence-corrected chi connectivity index (χ1v) is 15.7. The number of nitrogens with one attached hydrogen (secondary N) is 2. The predicted octanol–water partition coefficient (Wildman–Crippen LogP) is 8.69. The lowest BCUT2D eigenvalue weighted by Gasteiger charge is -2.28. The molecule has 10 heteroatoms. The molecule has 4 aromatic rings. The van der Waals surface area contributed by atoms with Crippen LogP contribution < -0.4 is 15.4 Å². The number of anilines is 1. The third-order valence-electron chi connectivity index (χ3n) is 8.10. The molecule has 0 aliphatic heterocycles. The number of carbonyl (C=O) groups excluding carboxylic acids is 2. The van der Waals surface area contributed by atoms with E-state index in [2.05, 4.69) is 48.3 Å². The number of rotatable bonds is 13. The van der Waals surface area contributed by atoms with Gasteiger partial charge in [0.05, 0.1) is 12.3 Å². The molecule has 0 aliphatic rings. The zero-order chi connectivity index (χ0) is 35.0. The predicted molar refractivity (Wildman–Crippen MR) is 179 cm³/mol. The summed E-state index contributed by atoms with van der Waals surface area (Å²) >= 11 is 0. The Morgan fingerprint density at radius 2 is 1.42 bits per heavy atom. The zero-order valence-electron chi connectivity index (χ0n) is 27.3. The maximum absolute atomic E-state index is 14.1. The standard InChI is InChI=1S/C38H39F3N2O5/c1-5-6-32(26-7-9-29(10-8-26)36(46)42-20-19-33(44)45)35(28-13-17-31(18-14-28)48-38(39,40)41)37(47)43-30-15-11-27(12-16-30)34-24(3)21-23(2)22-25(34)4/h7-18,21-22,32,35H,5-6,19-20H2,1-4H3,(H,42,46)(H,43,47)(H,44,45)/t32-,35+/m1/s1. The number of aliphatic carboxylic acids is 1. The first-order valence-electron chi connectivity index (χ1n) is 15.7. The molecule has 3 N–H and O–H groups in total. The van der Waals surface area contributed by atoms with E-state index in [9.17, 15) is 27.6 Å². The Morgan fingerprint density at radius 1 is 0.833 bits per heavy atom. The van der Waals surface area contributed by atoms with Crippen LogP contribution in [0.1, 0.15) is 76.2 Å². The quantitative estimate of drug-likeness (QED) is 0.133. The molecule has 7 nitrogen and oxygen atoms in total. The highest BCUT2D eigenvalue weighted by molar-refractivity contribution is 5.97. The van der Waals surface area contributed by atoms with E-state index in [0.717, 1.165) is 27.8 Å². The van der Waals surface area contributed by atoms with Crippen LogP contribution in [0.15, 0.2) is 84.9 Å². The molecular formula is C38H39F3N2O5. The van der Waals surface area contributed by atoms with E-state index in [4.69, 9.17) is 5.11 Å². The summed E-state index contributed by atoms with van der Waals surface area (Å²) in [6, 6.07) is 23.8. The Balaban J connectivity index is 1.65. The topological polar surface area (TPSA) is 105 Å². The van der Waals surface area contributed by atoms with Crippen molar-refractivity contribution in [1.82, 2.24) is 5.32 Å². The van der Waals surface area contributed by atoms with E-state index in [1.54, 1.807) is 24.3 Å². The van der Waals surface area contributed by atoms with Gasteiger partial charge < -0.3 is 20.5 Å². The Labute approximate surface area is 278 Å². The number of amides is 2. The van der Waals surface area contributed by atoms with Gasteiger partial charge in [0, 0.05) is 17.8 Å². The summed E-state index contributed by atoms with van der Waals surface area (Å²) in [7, 11) is 0. The Morgan fingerprint density at radius 3 is 1.96 bits per heavy atom. The van der Waals surface area contributed by atoms with Gasteiger partial charge in [0.25, 0.3) is 5.91 Å². The molecule has 0 bridgehead atoms. The average Bonchev–Trinajstić information content (AvgIpc) is 3.01. The monoisotopic (exact) mass is 660 g/mol. The second-order valence-corrected chi connectivity index (χ2v) is 11.9. The number of ether oxygens (including phenoxy) is 1. The molecule has 0 fully saturated rings.